The number of tetrazole rings is 1. The largest absolute Gasteiger partial charge is 0.447 e. The molecule has 1 saturated heterocycles. The number of amides is 1. The van der Waals surface area contributed by atoms with Gasteiger partial charge in [0.1, 0.15) is 18.5 Å². The van der Waals surface area contributed by atoms with E-state index in [0.717, 1.165) is 37.9 Å². The predicted molar refractivity (Wildman–Crippen MR) is 104 cm³/mol. The van der Waals surface area contributed by atoms with Crippen LogP contribution in [0.25, 0.3) is 0 Å². The number of rotatable bonds is 12. The van der Waals surface area contributed by atoms with Crippen LogP contribution in [0.2, 0.25) is 0 Å². The molecule has 1 aromatic carbocycles. The van der Waals surface area contributed by atoms with Gasteiger partial charge in [-0.3, -0.25) is 0 Å². The molecule has 2 atom stereocenters. The Morgan fingerprint density at radius 3 is 2.73 bits per heavy atom. The number of aromatic amines is 1. The minimum atomic E-state index is -3.34. The quantitative estimate of drug-likeness (QED) is 0.509. The average molecular weight is 423 g/mol. The van der Waals surface area contributed by atoms with Crippen molar-refractivity contribution < 1.29 is 23.4 Å². The summed E-state index contributed by atoms with van der Waals surface area (Å²) < 4.78 is 34.0. The number of hydrogen-bond acceptors (Lipinski definition) is 6. The van der Waals surface area contributed by atoms with Crippen molar-refractivity contribution in [2.45, 2.75) is 63.0 Å². The lowest BCUT2D eigenvalue weighted by Crippen LogP contribution is -2.37. The summed E-state index contributed by atoms with van der Waals surface area (Å²) in [6.07, 6.45) is 2.30. The first kappa shape index (κ1) is 22.1. The normalized spacial score (nSPS) is 17.9. The standard InChI is InChI=1S/C20H27F2N5O3/c21-20(22,15-8-4-3-5-9-15)17(28)12-11-16-14-30-19(29)27(16)13-7-2-1-6-10-18-23-25-26-24-18/h3-5,8-9,16-17,28H,1-2,6-7,10-14H2,(H,23,24,25,26). The Balaban J connectivity index is 1.39. The maximum Gasteiger partial charge on any atom is 0.410 e. The SMILES string of the molecule is O=C1OCC(CCC(O)C(F)(F)c2ccccc2)N1CCCCCCc1nnn[nH]1. The Morgan fingerprint density at radius 1 is 1.23 bits per heavy atom. The van der Waals surface area contributed by atoms with Gasteiger partial charge in [0, 0.05) is 18.5 Å². The molecule has 2 heterocycles. The lowest BCUT2D eigenvalue weighted by Gasteiger charge is -2.26. The van der Waals surface area contributed by atoms with Crippen LogP contribution in [0.3, 0.4) is 0 Å². The van der Waals surface area contributed by atoms with Gasteiger partial charge in [0.15, 0.2) is 0 Å². The number of hydrogen-bond donors (Lipinski definition) is 2. The number of nitrogens with one attached hydrogen (secondary N) is 1. The second-order valence-electron chi connectivity index (χ2n) is 7.52. The average Bonchev–Trinajstić information content (AvgIpc) is 3.39. The smallest absolute Gasteiger partial charge is 0.410 e. The van der Waals surface area contributed by atoms with Crippen molar-refractivity contribution in [3.63, 3.8) is 0 Å². The Kier molecular flexibility index (Phi) is 7.67. The van der Waals surface area contributed by atoms with E-state index in [1.54, 1.807) is 11.0 Å². The molecule has 2 unspecified atom stereocenters. The summed E-state index contributed by atoms with van der Waals surface area (Å²) >= 11 is 0. The van der Waals surface area contributed by atoms with E-state index in [1.165, 1.54) is 24.3 Å². The highest BCUT2D eigenvalue weighted by Gasteiger charge is 2.41. The fourth-order valence-electron chi connectivity index (χ4n) is 3.60. The molecule has 8 nitrogen and oxygen atoms in total. The third-order valence-electron chi connectivity index (χ3n) is 5.38. The number of nitrogens with zero attached hydrogens (tertiary/aromatic N) is 4. The van der Waals surface area contributed by atoms with Crippen molar-refractivity contribution in [3.05, 3.63) is 41.7 Å². The number of carbonyl (C=O) groups is 1. The maximum absolute atomic E-state index is 14.4. The van der Waals surface area contributed by atoms with Gasteiger partial charge in [-0.2, -0.15) is 8.78 Å². The molecule has 3 rings (SSSR count). The number of alkyl halides is 2. The molecule has 1 aliphatic rings. The van der Waals surface area contributed by atoms with E-state index in [2.05, 4.69) is 20.6 Å². The number of aliphatic hydroxyl groups is 1. The minimum Gasteiger partial charge on any atom is -0.447 e. The molecule has 0 spiro atoms. The van der Waals surface area contributed by atoms with Crippen LogP contribution in [-0.2, 0) is 17.1 Å². The van der Waals surface area contributed by atoms with Crippen LogP contribution < -0.4 is 0 Å². The zero-order valence-corrected chi connectivity index (χ0v) is 16.7. The summed E-state index contributed by atoms with van der Waals surface area (Å²) in [5.74, 6) is -2.58. The fraction of sp³-hybridized carbons (Fsp3) is 0.600. The highest BCUT2D eigenvalue weighted by Crippen LogP contribution is 2.34. The van der Waals surface area contributed by atoms with Crippen molar-refractivity contribution >= 4 is 6.09 Å². The first-order chi connectivity index (χ1) is 14.5. The number of halogens is 2. The van der Waals surface area contributed by atoms with Crippen LogP contribution in [0.4, 0.5) is 13.6 Å². The van der Waals surface area contributed by atoms with E-state index >= 15 is 0 Å². The molecule has 2 N–H and O–H groups in total. The van der Waals surface area contributed by atoms with Crippen LogP contribution in [0.15, 0.2) is 30.3 Å². The first-order valence-corrected chi connectivity index (χ1v) is 10.3. The van der Waals surface area contributed by atoms with Crippen molar-refractivity contribution in [2.24, 2.45) is 0 Å². The fourth-order valence-corrected chi connectivity index (χ4v) is 3.60. The van der Waals surface area contributed by atoms with E-state index in [9.17, 15) is 18.7 Å². The molecule has 2 aromatic rings. The predicted octanol–water partition coefficient (Wildman–Crippen LogP) is 3.06. The van der Waals surface area contributed by atoms with Crippen molar-refractivity contribution in [1.29, 1.82) is 0 Å². The van der Waals surface area contributed by atoms with E-state index in [0.29, 0.717) is 6.54 Å². The van der Waals surface area contributed by atoms with Gasteiger partial charge in [0.2, 0.25) is 0 Å². The van der Waals surface area contributed by atoms with Crippen LogP contribution in [0.5, 0.6) is 0 Å². The molecular formula is C20H27F2N5O3. The molecule has 30 heavy (non-hydrogen) atoms. The van der Waals surface area contributed by atoms with Gasteiger partial charge in [-0.15, -0.1) is 5.10 Å². The Hall–Kier alpha value is -2.62. The Morgan fingerprint density at radius 2 is 2.00 bits per heavy atom. The lowest BCUT2D eigenvalue weighted by atomic mass is 9.97. The molecule has 1 fully saturated rings. The van der Waals surface area contributed by atoms with Crippen molar-refractivity contribution in [2.75, 3.05) is 13.2 Å². The molecular weight excluding hydrogens is 396 g/mol. The van der Waals surface area contributed by atoms with Gasteiger partial charge >= 0.3 is 6.09 Å². The summed E-state index contributed by atoms with van der Waals surface area (Å²) in [6.45, 7) is 0.680. The monoisotopic (exact) mass is 423 g/mol. The lowest BCUT2D eigenvalue weighted by molar-refractivity contribution is -0.119. The number of unbranched alkanes of at least 4 members (excludes halogenated alkanes) is 3. The number of carbonyl (C=O) groups excluding carboxylic acids is 1. The summed E-state index contributed by atoms with van der Waals surface area (Å²) in [6, 6.07) is 7.00. The molecule has 164 valence electrons. The van der Waals surface area contributed by atoms with E-state index < -0.39 is 18.1 Å². The van der Waals surface area contributed by atoms with E-state index in [4.69, 9.17) is 4.74 Å². The molecule has 1 aromatic heterocycles. The number of aliphatic hydroxyl groups excluding tert-OH is 1. The van der Waals surface area contributed by atoms with Gasteiger partial charge in [-0.05, 0) is 36.1 Å². The van der Waals surface area contributed by atoms with E-state index in [1.807, 2.05) is 0 Å². The van der Waals surface area contributed by atoms with Crippen molar-refractivity contribution in [1.82, 2.24) is 25.5 Å². The summed E-state index contributed by atoms with van der Waals surface area (Å²) in [7, 11) is 0. The van der Waals surface area contributed by atoms with Gasteiger partial charge in [0.05, 0.1) is 6.04 Å². The zero-order chi connectivity index (χ0) is 21.4. The highest BCUT2D eigenvalue weighted by atomic mass is 19.3. The molecule has 1 amide bonds. The first-order valence-electron chi connectivity index (χ1n) is 10.3. The Bertz CT molecular complexity index is 776. The molecule has 0 radical (unpaired) electrons. The minimum absolute atomic E-state index is 0.120. The summed E-state index contributed by atoms with van der Waals surface area (Å²) in [4.78, 5) is 13.6. The number of ether oxygens (including phenoxy) is 1. The van der Waals surface area contributed by atoms with Gasteiger partial charge in [0.25, 0.3) is 5.92 Å². The Labute approximate surface area is 173 Å². The third-order valence-corrected chi connectivity index (χ3v) is 5.38. The van der Waals surface area contributed by atoms with Gasteiger partial charge in [-0.1, -0.05) is 43.2 Å². The second-order valence-corrected chi connectivity index (χ2v) is 7.52. The van der Waals surface area contributed by atoms with Gasteiger partial charge < -0.3 is 14.7 Å². The maximum atomic E-state index is 14.4. The van der Waals surface area contributed by atoms with Crippen LogP contribution in [0, 0.1) is 0 Å². The number of aromatic nitrogens is 4. The molecule has 0 aliphatic carbocycles. The molecule has 0 bridgehead atoms. The van der Waals surface area contributed by atoms with Gasteiger partial charge in [-0.25, -0.2) is 9.89 Å². The molecule has 10 heteroatoms. The molecule has 0 saturated carbocycles. The van der Waals surface area contributed by atoms with Crippen LogP contribution >= 0.6 is 0 Å². The second kappa shape index (κ2) is 10.4. The summed E-state index contributed by atoms with van der Waals surface area (Å²) in [5, 5.41) is 23.7. The highest BCUT2D eigenvalue weighted by molar-refractivity contribution is 5.70. The number of cyclic esters (lactones) is 1. The van der Waals surface area contributed by atoms with Crippen LogP contribution in [0.1, 0.15) is 49.9 Å². The van der Waals surface area contributed by atoms with Crippen LogP contribution in [-0.4, -0.2) is 62.0 Å². The topological polar surface area (TPSA) is 104 Å². The summed E-state index contributed by atoms with van der Waals surface area (Å²) in [5.41, 5.74) is -0.214. The van der Waals surface area contributed by atoms with E-state index in [-0.39, 0.29) is 31.1 Å². The number of H-pyrrole nitrogens is 1. The zero-order valence-electron chi connectivity index (χ0n) is 16.7. The number of aryl methyl sites for hydroxylation is 1. The molecule has 1 aliphatic heterocycles. The van der Waals surface area contributed by atoms with Crippen molar-refractivity contribution in [3.8, 4) is 0 Å². The number of benzene rings is 1. The third kappa shape index (κ3) is 5.71.